The zero-order chi connectivity index (χ0) is 12.7. The molecule has 1 aromatic rings. The van der Waals surface area contributed by atoms with Crippen LogP contribution < -0.4 is 10.1 Å². The molecular weight excluding hydrogens is 254 g/mol. The van der Waals surface area contributed by atoms with Crippen molar-refractivity contribution in [1.82, 2.24) is 5.32 Å². The molecule has 1 aromatic carbocycles. The molecule has 1 rings (SSSR count). The van der Waals surface area contributed by atoms with E-state index in [2.05, 4.69) is 12.2 Å². The highest BCUT2D eigenvalue weighted by atomic mass is 35.5. The van der Waals surface area contributed by atoms with Gasteiger partial charge >= 0.3 is 0 Å². The van der Waals surface area contributed by atoms with Crippen LogP contribution in [-0.2, 0) is 6.42 Å². The van der Waals surface area contributed by atoms with E-state index < -0.39 is 0 Å². The lowest BCUT2D eigenvalue weighted by atomic mass is 10.1. The van der Waals surface area contributed by atoms with Crippen LogP contribution in [0.1, 0.15) is 12.5 Å². The molecule has 96 valence electrons. The van der Waals surface area contributed by atoms with Gasteiger partial charge in [0, 0.05) is 16.8 Å². The number of benzene rings is 1. The first kappa shape index (κ1) is 14.7. The van der Waals surface area contributed by atoms with Crippen molar-refractivity contribution in [1.29, 1.82) is 0 Å². The Morgan fingerprint density at radius 1 is 1.47 bits per heavy atom. The summed E-state index contributed by atoms with van der Waals surface area (Å²) in [6.45, 7) is 2.18. The monoisotopic (exact) mass is 273 g/mol. The van der Waals surface area contributed by atoms with Crippen LogP contribution in [0.3, 0.4) is 0 Å². The summed E-state index contributed by atoms with van der Waals surface area (Å²) in [5, 5.41) is 4.10. The standard InChI is InChI=1S/C13H20ClNOS/c1-4-17-9-12(15-2)8-10-7-11(14)5-6-13(10)16-3/h5-7,12,15H,4,8-9H2,1-3H3. The van der Waals surface area contributed by atoms with Crippen molar-refractivity contribution < 1.29 is 4.74 Å². The van der Waals surface area contributed by atoms with Gasteiger partial charge in [0.1, 0.15) is 5.75 Å². The van der Waals surface area contributed by atoms with E-state index in [0.29, 0.717) is 6.04 Å². The summed E-state index contributed by atoms with van der Waals surface area (Å²) in [5.74, 6) is 3.16. The fourth-order valence-corrected chi connectivity index (χ4v) is 2.68. The third-order valence-corrected chi connectivity index (χ3v) is 3.92. The Morgan fingerprint density at radius 3 is 2.82 bits per heavy atom. The van der Waals surface area contributed by atoms with E-state index >= 15 is 0 Å². The molecule has 0 radical (unpaired) electrons. The van der Waals surface area contributed by atoms with Crippen LogP contribution in [0.2, 0.25) is 5.02 Å². The Balaban J connectivity index is 2.73. The molecule has 0 amide bonds. The van der Waals surface area contributed by atoms with Gasteiger partial charge in [0.25, 0.3) is 0 Å². The smallest absolute Gasteiger partial charge is 0.122 e. The average molecular weight is 274 g/mol. The molecule has 0 saturated carbocycles. The van der Waals surface area contributed by atoms with Gasteiger partial charge in [-0.3, -0.25) is 0 Å². The summed E-state index contributed by atoms with van der Waals surface area (Å²) in [7, 11) is 3.69. The lowest BCUT2D eigenvalue weighted by molar-refractivity contribution is 0.407. The van der Waals surface area contributed by atoms with Gasteiger partial charge in [-0.05, 0) is 43.0 Å². The molecule has 0 aromatic heterocycles. The van der Waals surface area contributed by atoms with E-state index in [-0.39, 0.29) is 0 Å². The number of nitrogens with one attached hydrogen (secondary N) is 1. The molecular formula is C13H20ClNOS. The van der Waals surface area contributed by atoms with Crippen LogP contribution in [0.15, 0.2) is 18.2 Å². The SMILES string of the molecule is CCSCC(Cc1cc(Cl)ccc1OC)NC. The van der Waals surface area contributed by atoms with Gasteiger partial charge in [-0.1, -0.05) is 18.5 Å². The second-order valence-corrected chi connectivity index (χ2v) is 5.56. The van der Waals surface area contributed by atoms with Crippen LogP contribution in [0, 0.1) is 0 Å². The summed E-state index contributed by atoms with van der Waals surface area (Å²) < 4.78 is 5.36. The minimum Gasteiger partial charge on any atom is -0.496 e. The molecule has 2 nitrogen and oxygen atoms in total. The van der Waals surface area contributed by atoms with E-state index in [1.807, 2.05) is 37.0 Å². The molecule has 0 fully saturated rings. The molecule has 0 saturated heterocycles. The Kier molecular flexibility index (Phi) is 6.78. The van der Waals surface area contributed by atoms with Crippen LogP contribution in [-0.4, -0.2) is 31.7 Å². The number of halogens is 1. The van der Waals surface area contributed by atoms with Crippen LogP contribution in [0.25, 0.3) is 0 Å². The van der Waals surface area contributed by atoms with Gasteiger partial charge in [-0.15, -0.1) is 0 Å². The number of rotatable bonds is 7. The normalized spacial score (nSPS) is 12.5. The summed E-state index contributed by atoms with van der Waals surface area (Å²) in [6, 6.07) is 6.23. The maximum atomic E-state index is 6.02. The molecule has 1 N–H and O–H groups in total. The summed E-state index contributed by atoms with van der Waals surface area (Å²) >= 11 is 7.97. The largest absolute Gasteiger partial charge is 0.496 e. The summed E-state index contributed by atoms with van der Waals surface area (Å²) in [6.07, 6.45) is 0.938. The predicted molar refractivity (Wildman–Crippen MR) is 77.6 cm³/mol. The molecule has 4 heteroatoms. The van der Waals surface area contributed by atoms with Crippen LogP contribution in [0.5, 0.6) is 5.75 Å². The highest BCUT2D eigenvalue weighted by molar-refractivity contribution is 7.99. The van der Waals surface area contributed by atoms with Crippen molar-refractivity contribution >= 4 is 23.4 Å². The van der Waals surface area contributed by atoms with Crippen molar-refractivity contribution in [3.05, 3.63) is 28.8 Å². The van der Waals surface area contributed by atoms with E-state index in [0.717, 1.165) is 34.3 Å². The minimum absolute atomic E-state index is 0.451. The predicted octanol–water partition coefficient (Wildman–Crippen LogP) is 3.23. The number of ether oxygens (including phenoxy) is 1. The number of hydrogen-bond donors (Lipinski definition) is 1. The van der Waals surface area contributed by atoms with Gasteiger partial charge in [0.2, 0.25) is 0 Å². The highest BCUT2D eigenvalue weighted by Gasteiger charge is 2.11. The maximum absolute atomic E-state index is 6.02. The fraction of sp³-hybridized carbons (Fsp3) is 0.538. The van der Waals surface area contributed by atoms with Crippen molar-refractivity contribution in [2.45, 2.75) is 19.4 Å². The summed E-state index contributed by atoms with van der Waals surface area (Å²) in [4.78, 5) is 0. The van der Waals surface area contributed by atoms with E-state index in [1.54, 1.807) is 7.11 Å². The Morgan fingerprint density at radius 2 is 2.24 bits per heavy atom. The number of hydrogen-bond acceptors (Lipinski definition) is 3. The lowest BCUT2D eigenvalue weighted by Crippen LogP contribution is -2.30. The van der Waals surface area contributed by atoms with Gasteiger partial charge in [-0.25, -0.2) is 0 Å². The summed E-state index contributed by atoms with van der Waals surface area (Å²) in [5.41, 5.74) is 1.16. The minimum atomic E-state index is 0.451. The van der Waals surface area contributed by atoms with Crippen molar-refractivity contribution in [2.24, 2.45) is 0 Å². The van der Waals surface area contributed by atoms with Crippen molar-refractivity contribution in [3.8, 4) is 5.75 Å². The van der Waals surface area contributed by atoms with Crippen molar-refractivity contribution in [3.63, 3.8) is 0 Å². The first-order chi connectivity index (χ1) is 8.21. The van der Waals surface area contributed by atoms with Gasteiger partial charge in [0.05, 0.1) is 7.11 Å². The first-order valence-corrected chi connectivity index (χ1v) is 7.32. The van der Waals surface area contributed by atoms with E-state index in [9.17, 15) is 0 Å². The maximum Gasteiger partial charge on any atom is 0.122 e. The number of thioether (sulfide) groups is 1. The van der Waals surface area contributed by atoms with Gasteiger partial charge < -0.3 is 10.1 Å². The Bertz CT molecular complexity index is 346. The zero-order valence-electron chi connectivity index (χ0n) is 10.6. The molecule has 0 bridgehead atoms. The average Bonchev–Trinajstić information content (AvgIpc) is 2.34. The molecule has 0 aliphatic heterocycles. The van der Waals surface area contributed by atoms with E-state index in [4.69, 9.17) is 16.3 Å². The molecule has 0 heterocycles. The quantitative estimate of drug-likeness (QED) is 0.824. The second kappa shape index (κ2) is 7.85. The topological polar surface area (TPSA) is 21.3 Å². The second-order valence-electron chi connectivity index (χ2n) is 3.81. The molecule has 1 atom stereocenters. The third kappa shape index (κ3) is 4.78. The first-order valence-electron chi connectivity index (χ1n) is 5.78. The highest BCUT2D eigenvalue weighted by Crippen LogP contribution is 2.24. The fourth-order valence-electron chi connectivity index (χ4n) is 1.68. The Hall–Kier alpha value is -0.380. The van der Waals surface area contributed by atoms with Crippen LogP contribution >= 0.6 is 23.4 Å². The van der Waals surface area contributed by atoms with Crippen molar-refractivity contribution in [2.75, 3.05) is 25.7 Å². The Labute approximate surface area is 113 Å². The molecule has 17 heavy (non-hydrogen) atoms. The molecule has 0 aliphatic carbocycles. The number of methoxy groups -OCH3 is 1. The molecule has 1 unspecified atom stereocenters. The van der Waals surface area contributed by atoms with Crippen LogP contribution in [0.4, 0.5) is 0 Å². The third-order valence-electron chi connectivity index (χ3n) is 2.64. The lowest BCUT2D eigenvalue weighted by Gasteiger charge is -2.17. The van der Waals surface area contributed by atoms with E-state index in [1.165, 1.54) is 0 Å². The zero-order valence-corrected chi connectivity index (χ0v) is 12.2. The number of likely N-dealkylation sites (N-methyl/N-ethyl adjacent to an activating group) is 1. The van der Waals surface area contributed by atoms with Gasteiger partial charge in [0.15, 0.2) is 0 Å². The molecule has 0 aliphatic rings. The molecule has 0 spiro atoms. The van der Waals surface area contributed by atoms with Gasteiger partial charge in [-0.2, -0.15) is 11.8 Å².